The molecule has 1 unspecified atom stereocenters. The molecular formula is C13H17N5O2. The highest BCUT2D eigenvalue weighted by Crippen LogP contribution is 2.10. The molecule has 2 rings (SSSR count). The molecule has 106 valence electrons. The summed E-state index contributed by atoms with van der Waals surface area (Å²) in [6, 6.07) is 8.97. The Morgan fingerprint density at radius 2 is 2.15 bits per heavy atom. The average molecular weight is 275 g/mol. The number of benzene rings is 1. The maximum absolute atomic E-state index is 11.5. The van der Waals surface area contributed by atoms with E-state index in [4.69, 9.17) is 10.8 Å². The van der Waals surface area contributed by atoms with Crippen LogP contribution in [0.5, 0.6) is 0 Å². The van der Waals surface area contributed by atoms with Crippen molar-refractivity contribution in [1.82, 2.24) is 20.3 Å². The highest BCUT2D eigenvalue weighted by Gasteiger charge is 2.20. The first-order valence-electron chi connectivity index (χ1n) is 6.28. The molecule has 1 atom stereocenters. The van der Waals surface area contributed by atoms with Crippen LogP contribution in [0.15, 0.2) is 36.5 Å². The number of aliphatic hydroxyl groups is 1. The Hall–Kier alpha value is -2.25. The molecule has 0 bridgehead atoms. The quantitative estimate of drug-likeness (QED) is 0.636. The van der Waals surface area contributed by atoms with Crippen LogP contribution in [-0.4, -0.2) is 32.6 Å². The molecule has 7 heteroatoms. The van der Waals surface area contributed by atoms with E-state index < -0.39 is 11.9 Å². The Kier molecular flexibility index (Phi) is 4.80. The van der Waals surface area contributed by atoms with Crippen molar-refractivity contribution in [3.8, 4) is 0 Å². The van der Waals surface area contributed by atoms with Crippen LogP contribution >= 0.6 is 0 Å². The second-order valence-corrected chi connectivity index (χ2v) is 4.33. The summed E-state index contributed by atoms with van der Waals surface area (Å²) in [6.07, 6.45) is 1.60. The minimum absolute atomic E-state index is 0.0402. The number of carbonyl (C=O) groups excluding carboxylic acids is 1. The van der Waals surface area contributed by atoms with Crippen molar-refractivity contribution in [2.45, 2.75) is 19.1 Å². The van der Waals surface area contributed by atoms with Gasteiger partial charge in [0.05, 0.1) is 19.3 Å². The standard InChI is InChI=1S/C13H17N5O2/c14-13(20)12(11-9-18(6-7-19)17-16-11)15-8-10-4-2-1-3-5-10/h1-5,9,12,15,19H,6-8H2,(H2,14,20). The van der Waals surface area contributed by atoms with Gasteiger partial charge >= 0.3 is 0 Å². The summed E-state index contributed by atoms with van der Waals surface area (Å²) in [5.74, 6) is -0.517. The van der Waals surface area contributed by atoms with E-state index in [0.29, 0.717) is 18.8 Å². The molecule has 0 aliphatic rings. The van der Waals surface area contributed by atoms with Crippen molar-refractivity contribution in [1.29, 1.82) is 0 Å². The number of hydrogen-bond acceptors (Lipinski definition) is 5. The third-order valence-corrected chi connectivity index (χ3v) is 2.82. The minimum Gasteiger partial charge on any atom is -0.394 e. The van der Waals surface area contributed by atoms with Gasteiger partial charge in [-0.15, -0.1) is 5.10 Å². The predicted octanol–water partition coefficient (Wildman–Crippen LogP) is -0.413. The van der Waals surface area contributed by atoms with Crippen LogP contribution in [0.1, 0.15) is 17.3 Å². The fourth-order valence-electron chi connectivity index (χ4n) is 1.82. The number of hydrogen-bond donors (Lipinski definition) is 3. The molecule has 0 aliphatic heterocycles. The van der Waals surface area contributed by atoms with E-state index in [9.17, 15) is 4.79 Å². The molecule has 1 heterocycles. The zero-order valence-corrected chi connectivity index (χ0v) is 10.9. The molecule has 4 N–H and O–H groups in total. The Morgan fingerprint density at radius 1 is 1.40 bits per heavy atom. The lowest BCUT2D eigenvalue weighted by Gasteiger charge is -2.12. The summed E-state index contributed by atoms with van der Waals surface area (Å²) >= 11 is 0. The summed E-state index contributed by atoms with van der Waals surface area (Å²) < 4.78 is 1.47. The molecule has 0 radical (unpaired) electrons. The third-order valence-electron chi connectivity index (χ3n) is 2.82. The van der Waals surface area contributed by atoms with Crippen LogP contribution in [0.2, 0.25) is 0 Å². The van der Waals surface area contributed by atoms with Gasteiger partial charge in [0.2, 0.25) is 5.91 Å². The molecular weight excluding hydrogens is 258 g/mol. The maximum Gasteiger partial charge on any atom is 0.240 e. The zero-order chi connectivity index (χ0) is 14.4. The molecule has 0 saturated carbocycles. The van der Waals surface area contributed by atoms with Crippen LogP contribution in [0.25, 0.3) is 0 Å². The Balaban J connectivity index is 2.04. The Morgan fingerprint density at radius 3 is 2.80 bits per heavy atom. The Labute approximate surface area is 116 Å². The number of nitrogens with one attached hydrogen (secondary N) is 1. The number of aromatic nitrogens is 3. The van der Waals surface area contributed by atoms with E-state index in [1.54, 1.807) is 6.20 Å². The number of rotatable bonds is 7. The lowest BCUT2D eigenvalue weighted by atomic mass is 10.1. The first-order valence-corrected chi connectivity index (χ1v) is 6.28. The van der Waals surface area contributed by atoms with Gasteiger partial charge in [-0.2, -0.15) is 0 Å². The summed E-state index contributed by atoms with van der Waals surface area (Å²) in [6.45, 7) is 0.792. The molecule has 0 aliphatic carbocycles. The molecule has 2 aromatic rings. The highest BCUT2D eigenvalue weighted by atomic mass is 16.3. The van der Waals surface area contributed by atoms with Gasteiger partial charge in [0.25, 0.3) is 0 Å². The predicted molar refractivity (Wildman–Crippen MR) is 72.3 cm³/mol. The molecule has 0 spiro atoms. The largest absolute Gasteiger partial charge is 0.394 e. The topological polar surface area (TPSA) is 106 Å². The van der Waals surface area contributed by atoms with Gasteiger partial charge in [-0.1, -0.05) is 35.5 Å². The smallest absolute Gasteiger partial charge is 0.240 e. The number of nitrogens with two attached hydrogens (primary N) is 1. The van der Waals surface area contributed by atoms with E-state index in [1.165, 1.54) is 4.68 Å². The first kappa shape index (κ1) is 14.2. The summed E-state index contributed by atoms with van der Waals surface area (Å²) in [5.41, 5.74) is 6.88. The van der Waals surface area contributed by atoms with Gasteiger partial charge < -0.3 is 10.8 Å². The van der Waals surface area contributed by atoms with E-state index in [1.807, 2.05) is 30.3 Å². The molecule has 7 nitrogen and oxygen atoms in total. The van der Waals surface area contributed by atoms with Crippen molar-refractivity contribution in [2.75, 3.05) is 6.61 Å². The molecule has 20 heavy (non-hydrogen) atoms. The number of primary amides is 1. The van der Waals surface area contributed by atoms with Gasteiger partial charge in [0, 0.05) is 6.54 Å². The van der Waals surface area contributed by atoms with Gasteiger partial charge in [0.15, 0.2) is 0 Å². The molecule has 1 aromatic carbocycles. The normalized spacial score (nSPS) is 12.2. The number of carbonyl (C=O) groups is 1. The monoisotopic (exact) mass is 275 g/mol. The van der Waals surface area contributed by atoms with Crippen LogP contribution in [0.3, 0.4) is 0 Å². The SMILES string of the molecule is NC(=O)C(NCc1ccccc1)c1cn(CCO)nn1. The number of amides is 1. The zero-order valence-electron chi connectivity index (χ0n) is 10.9. The summed E-state index contributed by atoms with van der Waals surface area (Å²) in [4.78, 5) is 11.5. The van der Waals surface area contributed by atoms with Gasteiger partial charge in [-0.25, -0.2) is 4.68 Å². The molecule has 0 fully saturated rings. The van der Waals surface area contributed by atoms with Crippen LogP contribution in [0, 0.1) is 0 Å². The van der Waals surface area contributed by atoms with Gasteiger partial charge in [-0.3, -0.25) is 10.1 Å². The fraction of sp³-hybridized carbons (Fsp3) is 0.308. The van der Waals surface area contributed by atoms with Gasteiger partial charge in [0.1, 0.15) is 11.7 Å². The van der Waals surface area contributed by atoms with Crippen molar-refractivity contribution in [3.63, 3.8) is 0 Å². The first-order chi connectivity index (χ1) is 9.70. The van der Waals surface area contributed by atoms with Crippen molar-refractivity contribution >= 4 is 5.91 Å². The fourth-order valence-corrected chi connectivity index (χ4v) is 1.82. The minimum atomic E-state index is -0.706. The average Bonchev–Trinajstić information content (AvgIpc) is 2.89. The van der Waals surface area contributed by atoms with Crippen LogP contribution in [0.4, 0.5) is 0 Å². The lowest BCUT2D eigenvalue weighted by molar-refractivity contribution is -0.120. The second kappa shape index (κ2) is 6.78. The number of aliphatic hydroxyl groups excluding tert-OH is 1. The van der Waals surface area contributed by atoms with Crippen molar-refractivity contribution < 1.29 is 9.90 Å². The number of nitrogens with zero attached hydrogens (tertiary/aromatic N) is 3. The third kappa shape index (κ3) is 3.62. The summed E-state index contributed by atoms with van der Waals surface area (Å²) in [7, 11) is 0. The Bertz CT molecular complexity index is 555. The van der Waals surface area contributed by atoms with Gasteiger partial charge in [-0.05, 0) is 5.56 Å². The van der Waals surface area contributed by atoms with E-state index in [0.717, 1.165) is 5.56 Å². The molecule has 0 saturated heterocycles. The van der Waals surface area contributed by atoms with Crippen molar-refractivity contribution in [2.24, 2.45) is 5.73 Å². The highest BCUT2D eigenvalue weighted by molar-refractivity contribution is 5.80. The maximum atomic E-state index is 11.5. The van der Waals surface area contributed by atoms with E-state index >= 15 is 0 Å². The molecule has 1 amide bonds. The molecule has 1 aromatic heterocycles. The van der Waals surface area contributed by atoms with Crippen LogP contribution in [-0.2, 0) is 17.9 Å². The van der Waals surface area contributed by atoms with Crippen LogP contribution < -0.4 is 11.1 Å². The lowest BCUT2D eigenvalue weighted by Crippen LogP contribution is -2.33. The van der Waals surface area contributed by atoms with E-state index in [2.05, 4.69) is 15.6 Å². The van der Waals surface area contributed by atoms with Crippen molar-refractivity contribution in [3.05, 3.63) is 47.8 Å². The summed E-state index contributed by atoms with van der Waals surface area (Å²) in [5, 5.41) is 19.6. The van der Waals surface area contributed by atoms with E-state index in [-0.39, 0.29) is 6.61 Å². The second-order valence-electron chi connectivity index (χ2n) is 4.33.